The average molecular weight is 378 g/mol. The molecule has 0 fully saturated rings. The molecule has 140 valence electrons. The van der Waals surface area contributed by atoms with Gasteiger partial charge in [-0.2, -0.15) is 0 Å². The van der Waals surface area contributed by atoms with Gasteiger partial charge >= 0.3 is 0 Å². The first-order valence-corrected chi connectivity index (χ1v) is 8.85. The van der Waals surface area contributed by atoms with Crippen LogP contribution in [0.1, 0.15) is 17.4 Å². The summed E-state index contributed by atoms with van der Waals surface area (Å²) < 4.78 is 10.0. The van der Waals surface area contributed by atoms with Crippen LogP contribution in [0.15, 0.2) is 29.6 Å². The molecule has 1 aromatic carbocycles. The molecule has 8 nitrogen and oxygen atoms in total. The second kappa shape index (κ2) is 9.73. The van der Waals surface area contributed by atoms with E-state index in [1.165, 1.54) is 11.3 Å². The summed E-state index contributed by atoms with van der Waals surface area (Å²) in [6.45, 7) is 2.42. The first-order chi connectivity index (χ1) is 12.5. The van der Waals surface area contributed by atoms with E-state index in [0.29, 0.717) is 18.3 Å². The van der Waals surface area contributed by atoms with Gasteiger partial charge in [-0.25, -0.2) is 4.98 Å². The number of methoxy groups -OCH3 is 2. The van der Waals surface area contributed by atoms with Crippen molar-refractivity contribution in [1.82, 2.24) is 15.6 Å². The van der Waals surface area contributed by atoms with Crippen LogP contribution in [0.4, 0.5) is 10.8 Å². The Kier molecular flexibility index (Phi) is 7.37. The minimum atomic E-state index is -0.671. The topological polar surface area (TPSA) is 102 Å². The van der Waals surface area contributed by atoms with Gasteiger partial charge in [0.05, 0.1) is 13.7 Å². The van der Waals surface area contributed by atoms with Crippen molar-refractivity contribution in [2.45, 2.75) is 13.0 Å². The zero-order valence-corrected chi connectivity index (χ0v) is 15.7. The lowest BCUT2D eigenvalue weighted by Crippen LogP contribution is -2.45. The molecule has 0 aliphatic carbocycles. The van der Waals surface area contributed by atoms with Gasteiger partial charge in [0.2, 0.25) is 5.91 Å². The van der Waals surface area contributed by atoms with Crippen LogP contribution in [-0.2, 0) is 9.53 Å². The molecule has 9 heteroatoms. The fourth-order valence-electron chi connectivity index (χ4n) is 2.03. The summed E-state index contributed by atoms with van der Waals surface area (Å²) in [6.07, 6.45) is 0. The molecule has 1 heterocycles. The molecule has 0 aliphatic rings. The highest BCUT2D eigenvalue weighted by Gasteiger charge is 2.18. The molecular formula is C17H22N4O4S. The van der Waals surface area contributed by atoms with E-state index in [0.717, 1.165) is 11.4 Å². The lowest BCUT2D eigenvalue weighted by molar-refractivity contribution is -0.122. The van der Waals surface area contributed by atoms with Gasteiger partial charge in [-0.05, 0) is 19.1 Å². The first-order valence-electron chi connectivity index (χ1n) is 7.97. The highest BCUT2D eigenvalue weighted by Crippen LogP contribution is 2.23. The molecule has 26 heavy (non-hydrogen) atoms. The van der Waals surface area contributed by atoms with E-state index >= 15 is 0 Å². The average Bonchev–Trinajstić information content (AvgIpc) is 3.10. The summed E-state index contributed by atoms with van der Waals surface area (Å²) in [5.74, 6) is 0.0347. The number of carbonyl (C=O) groups is 2. The number of nitrogens with zero attached hydrogens (tertiary/aromatic N) is 1. The van der Waals surface area contributed by atoms with Gasteiger partial charge in [0.1, 0.15) is 17.5 Å². The van der Waals surface area contributed by atoms with E-state index < -0.39 is 11.9 Å². The standard InChI is InChI=1S/C17H22N4O4S/c1-11(15(22)18-7-8-24-2)19-16(23)14-10-26-17(21-14)20-12-5-4-6-13(9-12)25-3/h4-6,9-11H,7-8H2,1-3H3,(H,18,22)(H,19,23)(H,20,21). The molecule has 2 rings (SSSR count). The number of carbonyl (C=O) groups excluding carboxylic acids is 2. The third-order valence-corrected chi connectivity index (χ3v) is 4.16. The summed E-state index contributed by atoms with van der Waals surface area (Å²) >= 11 is 1.30. The molecule has 0 saturated heterocycles. The Morgan fingerprint density at radius 1 is 1.31 bits per heavy atom. The van der Waals surface area contributed by atoms with E-state index in [2.05, 4.69) is 20.9 Å². The molecule has 0 aliphatic heterocycles. The largest absolute Gasteiger partial charge is 0.497 e. The minimum absolute atomic E-state index is 0.247. The third-order valence-electron chi connectivity index (χ3n) is 3.40. The maximum Gasteiger partial charge on any atom is 0.271 e. The van der Waals surface area contributed by atoms with Crippen LogP contribution in [-0.4, -0.2) is 50.2 Å². The molecule has 1 unspecified atom stereocenters. The second-order valence-electron chi connectivity index (χ2n) is 5.37. The van der Waals surface area contributed by atoms with Crippen LogP contribution < -0.4 is 20.7 Å². The van der Waals surface area contributed by atoms with E-state index in [9.17, 15) is 9.59 Å². The number of anilines is 2. The number of benzene rings is 1. The normalized spacial score (nSPS) is 11.5. The fourth-order valence-corrected chi connectivity index (χ4v) is 2.74. The molecule has 2 amide bonds. The van der Waals surface area contributed by atoms with Crippen LogP contribution in [0.3, 0.4) is 0 Å². The predicted octanol–water partition coefficient (Wildman–Crippen LogP) is 1.78. The Bertz CT molecular complexity index is 750. The monoisotopic (exact) mass is 378 g/mol. The Morgan fingerprint density at radius 3 is 2.85 bits per heavy atom. The lowest BCUT2D eigenvalue weighted by Gasteiger charge is -2.13. The number of amides is 2. The molecule has 0 radical (unpaired) electrons. The molecular weight excluding hydrogens is 356 g/mol. The van der Waals surface area contributed by atoms with Crippen LogP contribution in [0.5, 0.6) is 5.75 Å². The first kappa shape index (κ1) is 19.7. The van der Waals surface area contributed by atoms with E-state index in [1.807, 2.05) is 24.3 Å². The Labute approximate surface area is 155 Å². The Morgan fingerprint density at radius 2 is 2.12 bits per heavy atom. The molecule has 0 spiro atoms. The van der Waals surface area contributed by atoms with Crippen LogP contribution in [0.25, 0.3) is 0 Å². The van der Waals surface area contributed by atoms with Gasteiger partial charge in [-0.15, -0.1) is 11.3 Å². The van der Waals surface area contributed by atoms with Crippen LogP contribution >= 0.6 is 11.3 Å². The fraction of sp³-hybridized carbons (Fsp3) is 0.353. The molecule has 2 aromatic rings. The number of nitrogens with one attached hydrogen (secondary N) is 3. The van der Waals surface area contributed by atoms with E-state index in [1.54, 1.807) is 26.5 Å². The third kappa shape index (κ3) is 5.71. The number of aromatic nitrogens is 1. The zero-order chi connectivity index (χ0) is 18.9. The summed E-state index contributed by atoms with van der Waals surface area (Å²) in [6, 6.07) is 6.72. The summed E-state index contributed by atoms with van der Waals surface area (Å²) in [7, 11) is 3.15. The van der Waals surface area contributed by atoms with Gasteiger partial charge in [0.25, 0.3) is 5.91 Å². The lowest BCUT2D eigenvalue weighted by atomic mass is 10.3. The molecule has 0 bridgehead atoms. The number of rotatable bonds is 9. The van der Waals surface area contributed by atoms with Crippen molar-refractivity contribution in [3.05, 3.63) is 35.3 Å². The van der Waals surface area contributed by atoms with Crippen molar-refractivity contribution in [2.24, 2.45) is 0 Å². The minimum Gasteiger partial charge on any atom is -0.497 e. The van der Waals surface area contributed by atoms with Gasteiger partial charge < -0.3 is 25.4 Å². The quantitative estimate of drug-likeness (QED) is 0.575. The highest BCUT2D eigenvalue weighted by atomic mass is 32.1. The van der Waals surface area contributed by atoms with Gasteiger partial charge in [-0.3, -0.25) is 9.59 Å². The summed E-state index contributed by atoms with van der Waals surface area (Å²) in [5.41, 5.74) is 1.05. The highest BCUT2D eigenvalue weighted by molar-refractivity contribution is 7.14. The number of hydrogen-bond acceptors (Lipinski definition) is 7. The predicted molar refractivity (Wildman–Crippen MR) is 100 cm³/mol. The van der Waals surface area contributed by atoms with Crippen LogP contribution in [0, 0.1) is 0 Å². The number of hydrogen-bond donors (Lipinski definition) is 3. The van der Waals surface area contributed by atoms with E-state index in [4.69, 9.17) is 9.47 Å². The van der Waals surface area contributed by atoms with Gasteiger partial charge in [0, 0.05) is 30.8 Å². The molecule has 3 N–H and O–H groups in total. The SMILES string of the molecule is COCCNC(=O)C(C)NC(=O)c1csc(Nc2cccc(OC)c2)n1. The molecule has 1 aromatic heterocycles. The zero-order valence-electron chi connectivity index (χ0n) is 14.9. The maximum absolute atomic E-state index is 12.2. The number of thiazole rings is 1. The summed E-state index contributed by atoms with van der Waals surface area (Å²) in [5, 5.41) is 10.6. The summed E-state index contributed by atoms with van der Waals surface area (Å²) in [4.78, 5) is 28.4. The van der Waals surface area contributed by atoms with Crippen molar-refractivity contribution < 1.29 is 19.1 Å². The van der Waals surface area contributed by atoms with Crippen molar-refractivity contribution >= 4 is 34.0 Å². The van der Waals surface area contributed by atoms with Crippen molar-refractivity contribution in [3.8, 4) is 5.75 Å². The van der Waals surface area contributed by atoms with Gasteiger partial charge in [-0.1, -0.05) is 6.07 Å². The Hall–Kier alpha value is -2.65. The molecule has 1 atom stereocenters. The molecule has 0 saturated carbocycles. The van der Waals surface area contributed by atoms with E-state index in [-0.39, 0.29) is 11.6 Å². The van der Waals surface area contributed by atoms with Gasteiger partial charge in [0.15, 0.2) is 5.13 Å². The second-order valence-corrected chi connectivity index (χ2v) is 6.23. The van der Waals surface area contributed by atoms with Crippen molar-refractivity contribution in [1.29, 1.82) is 0 Å². The van der Waals surface area contributed by atoms with Crippen molar-refractivity contribution in [3.63, 3.8) is 0 Å². The Balaban J connectivity index is 1.91. The van der Waals surface area contributed by atoms with Crippen LogP contribution in [0.2, 0.25) is 0 Å². The smallest absolute Gasteiger partial charge is 0.271 e. The van der Waals surface area contributed by atoms with Crippen molar-refractivity contribution in [2.75, 3.05) is 32.7 Å². The number of ether oxygens (including phenoxy) is 2. The maximum atomic E-state index is 12.2.